The molecule has 0 aromatic carbocycles. The molecule has 1 rings (SSSR count). The Bertz CT molecular complexity index is 168. The first kappa shape index (κ1) is 11.1. The Balaban J connectivity index is 2.24. The number of halogens is 1. The van der Waals surface area contributed by atoms with Gasteiger partial charge in [-0.15, -0.1) is 12.3 Å². The zero-order chi connectivity index (χ0) is 9.52. The van der Waals surface area contributed by atoms with Gasteiger partial charge in [0, 0.05) is 11.2 Å². The van der Waals surface area contributed by atoms with Crippen molar-refractivity contribution >= 4 is 15.9 Å². The van der Waals surface area contributed by atoms with Crippen molar-refractivity contribution in [3.05, 3.63) is 0 Å². The second kappa shape index (κ2) is 6.49. The summed E-state index contributed by atoms with van der Waals surface area (Å²) in [6, 6.07) is 0. The Morgan fingerprint density at radius 3 is 2.77 bits per heavy atom. The van der Waals surface area contributed by atoms with E-state index in [4.69, 9.17) is 6.42 Å². The Morgan fingerprint density at radius 2 is 2.00 bits per heavy atom. The smallest absolute Gasteiger partial charge is 0.0174 e. The monoisotopic (exact) mass is 242 g/mol. The Hall–Kier alpha value is 0.0400. The Morgan fingerprint density at radius 1 is 1.23 bits per heavy atom. The third-order valence-electron chi connectivity index (χ3n) is 2.96. The Labute approximate surface area is 90.6 Å². The van der Waals surface area contributed by atoms with Crippen LogP contribution in [-0.4, -0.2) is 4.83 Å². The van der Waals surface area contributed by atoms with Crippen LogP contribution in [0.4, 0.5) is 0 Å². The summed E-state index contributed by atoms with van der Waals surface area (Å²) >= 11 is 3.81. The van der Waals surface area contributed by atoms with Crippen molar-refractivity contribution in [1.29, 1.82) is 0 Å². The molecule has 1 aliphatic rings. The lowest BCUT2D eigenvalue weighted by atomic mass is 9.94. The van der Waals surface area contributed by atoms with E-state index in [-0.39, 0.29) is 0 Å². The molecular formula is C12H19Br. The maximum absolute atomic E-state index is 5.25. The molecule has 0 N–H and O–H groups in total. The van der Waals surface area contributed by atoms with Crippen LogP contribution < -0.4 is 0 Å². The lowest BCUT2D eigenvalue weighted by molar-refractivity contribution is 0.433. The molecule has 1 aliphatic carbocycles. The molecule has 74 valence electrons. The first-order valence-corrected chi connectivity index (χ1v) is 6.33. The van der Waals surface area contributed by atoms with Crippen LogP contribution in [0.15, 0.2) is 0 Å². The van der Waals surface area contributed by atoms with Gasteiger partial charge in [-0.1, -0.05) is 35.2 Å². The third-order valence-corrected chi connectivity index (χ3v) is 4.17. The highest BCUT2D eigenvalue weighted by molar-refractivity contribution is 9.09. The largest absolute Gasteiger partial charge is 0.120 e. The first-order chi connectivity index (χ1) is 6.34. The van der Waals surface area contributed by atoms with Gasteiger partial charge >= 0.3 is 0 Å². The van der Waals surface area contributed by atoms with Crippen LogP contribution >= 0.6 is 15.9 Å². The predicted octanol–water partition coefficient (Wildman–Crippen LogP) is 4.13. The summed E-state index contributed by atoms with van der Waals surface area (Å²) in [5, 5.41) is 0. The third kappa shape index (κ3) is 4.18. The van der Waals surface area contributed by atoms with Crippen molar-refractivity contribution in [1.82, 2.24) is 0 Å². The minimum atomic E-state index is 0.757. The molecule has 0 aromatic heterocycles. The molecule has 0 spiro atoms. The molecule has 0 nitrogen and oxygen atoms in total. The van der Waals surface area contributed by atoms with Gasteiger partial charge in [-0.3, -0.25) is 0 Å². The fourth-order valence-corrected chi connectivity index (χ4v) is 2.98. The van der Waals surface area contributed by atoms with E-state index >= 15 is 0 Å². The zero-order valence-corrected chi connectivity index (χ0v) is 9.85. The van der Waals surface area contributed by atoms with Gasteiger partial charge in [-0.2, -0.15) is 0 Å². The highest BCUT2D eigenvalue weighted by Gasteiger charge is 2.20. The number of rotatable bonds is 3. The van der Waals surface area contributed by atoms with Crippen LogP contribution in [-0.2, 0) is 0 Å². The standard InChI is InChI=1S/C12H19Br/c1-2-3-5-8-11-9-6-4-7-10-12(11)13/h1,11-12H,3-10H2. The van der Waals surface area contributed by atoms with Crippen molar-refractivity contribution in [3.63, 3.8) is 0 Å². The van der Waals surface area contributed by atoms with Crippen molar-refractivity contribution < 1.29 is 0 Å². The second-order valence-corrected chi connectivity index (χ2v) is 5.19. The van der Waals surface area contributed by atoms with Crippen LogP contribution in [0.5, 0.6) is 0 Å². The highest BCUT2D eigenvalue weighted by atomic mass is 79.9. The van der Waals surface area contributed by atoms with E-state index in [9.17, 15) is 0 Å². The molecule has 1 saturated carbocycles. The van der Waals surface area contributed by atoms with Gasteiger partial charge in [0.05, 0.1) is 0 Å². The van der Waals surface area contributed by atoms with E-state index in [0.29, 0.717) is 0 Å². The topological polar surface area (TPSA) is 0 Å². The lowest BCUT2D eigenvalue weighted by Crippen LogP contribution is -2.12. The van der Waals surface area contributed by atoms with Gasteiger partial charge in [0.2, 0.25) is 0 Å². The van der Waals surface area contributed by atoms with E-state index in [0.717, 1.165) is 17.2 Å². The molecule has 0 aliphatic heterocycles. The number of hydrogen-bond acceptors (Lipinski definition) is 0. The van der Waals surface area contributed by atoms with Crippen LogP contribution in [0.3, 0.4) is 0 Å². The summed E-state index contributed by atoms with van der Waals surface area (Å²) in [7, 11) is 0. The van der Waals surface area contributed by atoms with Crippen LogP contribution in [0.2, 0.25) is 0 Å². The quantitative estimate of drug-likeness (QED) is 0.302. The first-order valence-electron chi connectivity index (χ1n) is 5.42. The SMILES string of the molecule is C#CCCCC1CCCCCC1Br. The predicted molar refractivity (Wildman–Crippen MR) is 62.0 cm³/mol. The molecule has 0 saturated heterocycles. The number of hydrogen-bond donors (Lipinski definition) is 0. The molecule has 2 unspecified atom stereocenters. The number of alkyl halides is 1. The van der Waals surface area contributed by atoms with Gasteiger partial charge in [0.15, 0.2) is 0 Å². The number of unbranched alkanes of at least 4 members (excludes halogenated alkanes) is 1. The average molecular weight is 243 g/mol. The van der Waals surface area contributed by atoms with Gasteiger partial charge in [0.1, 0.15) is 0 Å². The molecule has 1 heteroatoms. The van der Waals surface area contributed by atoms with Crippen LogP contribution in [0.1, 0.15) is 51.4 Å². The fraction of sp³-hybridized carbons (Fsp3) is 0.833. The van der Waals surface area contributed by atoms with Crippen molar-refractivity contribution in [3.8, 4) is 12.3 Å². The maximum Gasteiger partial charge on any atom is 0.0174 e. The minimum Gasteiger partial charge on any atom is -0.120 e. The second-order valence-electron chi connectivity index (χ2n) is 4.01. The summed E-state index contributed by atoms with van der Waals surface area (Å²) in [5.74, 6) is 3.61. The number of terminal acetylenes is 1. The molecule has 1 fully saturated rings. The molecule has 0 heterocycles. The minimum absolute atomic E-state index is 0.757. The highest BCUT2D eigenvalue weighted by Crippen LogP contribution is 2.31. The fourth-order valence-electron chi connectivity index (χ4n) is 2.13. The van der Waals surface area contributed by atoms with Gasteiger partial charge < -0.3 is 0 Å². The van der Waals surface area contributed by atoms with Gasteiger partial charge in [-0.25, -0.2) is 0 Å². The molecule has 0 aromatic rings. The van der Waals surface area contributed by atoms with Crippen LogP contribution in [0, 0.1) is 18.3 Å². The lowest BCUT2D eigenvalue weighted by Gasteiger charge is -2.18. The summed E-state index contributed by atoms with van der Waals surface area (Å²) in [6.45, 7) is 0. The van der Waals surface area contributed by atoms with Gasteiger partial charge in [0.25, 0.3) is 0 Å². The van der Waals surface area contributed by atoms with Crippen LogP contribution in [0.25, 0.3) is 0 Å². The van der Waals surface area contributed by atoms with Crippen molar-refractivity contribution in [2.75, 3.05) is 0 Å². The Kier molecular flexibility index (Phi) is 5.55. The zero-order valence-electron chi connectivity index (χ0n) is 8.27. The van der Waals surface area contributed by atoms with E-state index in [1.54, 1.807) is 0 Å². The summed E-state index contributed by atoms with van der Waals surface area (Å²) in [4.78, 5) is 0.757. The maximum atomic E-state index is 5.25. The normalized spacial score (nSPS) is 29.2. The molecule has 13 heavy (non-hydrogen) atoms. The van der Waals surface area contributed by atoms with E-state index < -0.39 is 0 Å². The summed E-state index contributed by atoms with van der Waals surface area (Å²) in [6.07, 6.45) is 15.7. The molecule has 0 amide bonds. The van der Waals surface area contributed by atoms with E-state index in [1.807, 2.05) is 0 Å². The molecule has 2 atom stereocenters. The summed E-state index contributed by atoms with van der Waals surface area (Å²) in [5.41, 5.74) is 0. The summed E-state index contributed by atoms with van der Waals surface area (Å²) < 4.78 is 0. The molecular weight excluding hydrogens is 224 g/mol. The van der Waals surface area contributed by atoms with Crippen molar-refractivity contribution in [2.24, 2.45) is 5.92 Å². The molecule has 0 bridgehead atoms. The van der Waals surface area contributed by atoms with Crippen molar-refractivity contribution in [2.45, 2.75) is 56.2 Å². The van der Waals surface area contributed by atoms with E-state index in [1.165, 1.54) is 44.9 Å². The average Bonchev–Trinajstić information content (AvgIpc) is 2.32. The van der Waals surface area contributed by atoms with E-state index in [2.05, 4.69) is 21.9 Å². The molecule has 0 radical (unpaired) electrons. The van der Waals surface area contributed by atoms with Gasteiger partial charge in [-0.05, 0) is 31.6 Å².